The molecule has 1 aromatic rings. The van der Waals surface area contributed by atoms with Crippen LogP contribution in [0.15, 0.2) is 24.3 Å². The number of nitrogens with one attached hydrogen (secondary N) is 1. The number of aromatic carboxylic acids is 1. The number of sulfonamides is 1. The second-order valence-electron chi connectivity index (χ2n) is 5.27. The van der Waals surface area contributed by atoms with Gasteiger partial charge in [-0.25, -0.2) is 13.2 Å². The maximum Gasteiger partial charge on any atom is 0.335 e. The van der Waals surface area contributed by atoms with Gasteiger partial charge in [-0.1, -0.05) is 6.07 Å². The van der Waals surface area contributed by atoms with Gasteiger partial charge in [0.2, 0.25) is 10.0 Å². The first-order valence-electron chi connectivity index (χ1n) is 6.87. The van der Waals surface area contributed by atoms with Crippen molar-refractivity contribution in [2.75, 3.05) is 19.3 Å². The summed E-state index contributed by atoms with van der Waals surface area (Å²) in [6.45, 7) is 0.678. The fourth-order valence-corrected chi connectivity index (χ4v) is 3.74. The molecule has 1 aromatic carbocycles. The van der Waals surface area contributed by atoms with E-state index >= 15 is 0 Å². The van der Waals surface area contributed by atoms with Crippen LogP contribution in [0.3, 0.4) is 0 Å². The zero-order valence-corrected chi connectivity index (χ0v) is 13.0. The summed E-state index contributed by atoms with van der Waals surface area (Å²) in [5.74, 6) is -1.52. The van der Waals surface area contributed by atoms with E-state index in [4.69, 9.17) is 5.11 Å². The zero-order valence-electron chi connectivity index (χ0n) is 12.2. The lowest BCUT2D eigenvalue weighted by atomic mass is 10.1. The number of amides is 1. The molecule has 1 aliphatic heterocycles. The molecular weight excluding hydrogens is 308 g/mol. The highest BCUT2D eigenvalue weighted by molar-refractivity contribution is 7.88. The topological polar surface area (TPSA) is 104 Å². The summed E-state index contributed by atoms with van der Waals surface area (Å²) in [6.07, 6.45) is 2.62. The van der Waals surface area contributed by atoms with E-state index in [1.165, 1.54) is 28.6 Å². The van der Waals surface area contributed by atoms with Crippen molar-refractivity contribution in [2.24, 2.45) is 0 Å². The molecule has 0 unspecified atom stereocenters. The predicted octanol–water partition coefficient (Wildman–Crippen LogP) is 0.539. The SMILES string of the molecule is CS(=O)(=O)N1CCC[C@@H]1CNC(=O)c1cccc(C(=O)O)c1. The molecule has 0 saturated carbocycles. The largest absolute Gasteiger partial charge is 0.478 e. The Bertz CT molecular complexity index is 686. The minimum atomic E-state index is -3.28. The Morgan fingerprint density at radius 1 is 1.36 bits per heavy atom. The standard InChI is InChI=1S/C14H18N2O5S/c1-22(20,21)16-7-3-6-12(16)9-15-13(17)10-4-2-5-11(8-10)14(18)19/h2,4-5,8,12H,3,6-7,9H2,1H3,(H,15,17)(H,18,19)/t12-/m1/s1. The second kappa shape index (κ2) is 6.45. The van der Waals surface area contributed by atoms with Crippen LogP contribution < -0.4 is 5.32 Å². The molecule has 2 rings (SSSR count). The van der Waals surface area contributed by atoms with Gasteiger partial charge in [0, 0.05) is 24.7 Å². The molecule has 8 heteroatoms. The summed E-state index contributed by atoms with van der Waals surface area (Å²) in [6, 6.07) is 5.46. The second-order valence-corrected chi connectivity index (χ2v) is 7.20. The van der Waals surface area contributed by atoms with Crippen molar-refractivity contribution in [1.82, 2.24) is 9.62 Å². The monoisotopic (exact) mass is 326 g/mol. The van der Waals surface area contributed by atoms with Crippen molar-refractivity contribution in [1.29, 1.82) is 0 Å². The number of benzene rings is 1. The summed E-state index contributed by atoms with van der Waals surface area (Å²) in [4.78, 5) is 23.0. The van der Waals surface area contributed by atoms with Crippen molar-refractivity contribution < 1.29 is 23.1 Å². The Balaban J connectivity index is 2.01. The highest BCUT2D eigenvalue weighted by atomic mass is 32.2. The van der Waals surface area contributed by atoms with E-state index in [-0.39, 0.29) is 23.7 Å². The van der Waals surface area contributed by atoms with Gasteiger partial charge >= 0.3 is 5.97 Å². The van der Waals surface area contributed by atoms with Gasteiger partial charge in [0.05, 0.1) is 11.8 Å². The van der Waals surface area contributed by atoms with Crippen LogP contribution >= 0.6 is 0 Å². The molecule has 1 atom stereocenters. The van der Waals surface area contributed by atoms with Gasteiger partial charge in [-0.15, -0.1) is 0 Å². The number of carbonyl (C=O) groups excluding carboxylic acids is 1. The van der Waals surface area contributed by atoms with Gasteiger partial charge in [-0.05, 0) is 31.0 Å². The van der Waals surface area contributed by atoms with Crippen LogP contribution in [0.1, 0.15) is 33.6 Å². The fourth-order valence-electron chi connectivity index (χ4n) is 2.56. The Hall–Kier alpha value is -1.93. The molecule has 1 heterocycles. The van der Waals surface area contributed by atoms with Crippen LogP contribution in [0.4, 0.5) is 0 Å². The molecule has 0 spiro atoms. The van der Waals surface area contributed by atoms with E-state index in [0.717, 1.165) is 12.7 Å². The third-order valence-electron chi connectivity index (χ3n) is 3.62. The number of carboxylic acid groups (broad SMARTS) is 1. The summed E-state index contributed by atoms with van der Waals surface area (Å²) < 4.78 is 24.6. The number of nitrogens with zero attached hydrogens (tertiary/aromatic N) is 1. The van der Waals surface area contributed by atoms with Gasteiger partial charge in [-0.3, -0.25) is 4.79 Å². The van der Waals surface area contributed by atoms with E-state index in [0.29, 0.717) is 13.0 Å². The smallest absolute Gasteiger partial charge is 0.335 e. The average molecular weight is 326 g/mol. The summed E-state index contributed by atoms with van der Waals surface area (Å²) in [7, 11) is -3.28. The van der Waals surface area contributed by atoms with Gasteiger partial charge in [0.15, 0.2) is 0 Å². The quantitative estimate of drug-likeness (QED) is 0.822. The van der Waals surface area contributed by atoms with Crippen LogP contribution in [0.2, 0.25) is 0 Å². The van der Waals surface area contributed by atoms with Gasteiger partial charge < -0.3 is 10.4 Å². The minimum Gasteiger partial charge on any atom is -0.478 e. The van der Waals surface area contributed by atoms with Crippen molar-refractivity contribution in [2.45, 2.75) is 18.9 Å². The Labute approximate surface area is 129 Å². The summed E-state index contributed by atoms with van der Waals surface area (Å²) in [5.41, 5.74) is 0.273. The molecule has 1 aliphatic rings. The lowest BCUT2D eigenvalue weighted by molar-refractivity contribution is 0.0697. The Morgan fingerprint density at radius 3 is 2.68 bits per heavy atom. The lowest BCUT2D eigenvalue weighted by Crippen LogP contribution is -2.42. The van der Waals surface area contributed by atoms with Crippen LogP contribution in [-0.2, 0) is 10.0 Å². The highest BCUT2D eigenvalue weighted by Gasteiger charge is 2.31. The summed E-state index contributed by atoms with van der Waals surface area (Å²) in [5, 5.41) is 11.6. The zero-order chi connectivity index (χ0) is 16.3. The number of carbonyl (C=O) groups is 2. The molecule has 1 amide bonds. The molecule has 1 fully saturated rings. The molecule has 0 radical (unpaired) electrons. The van der Waals surface area contributed by atoms with Crippen molar-refractivity contribution in [3.05, 3.63) is 35.4 Å². The molecule has 7 nitrogen and oxygen atoms in total. The summed E-state index contributed by atoms with van der Waals surface area (Å²) >= 11 is 0. The molecule has 1 saturated heterocycles. The van der Waals surface area contributed by atoms with Crippen molar-refractivity contribution in [3.8, 4) is 0 Å². The average Bonchev–Trinajstić information content (AvgIpc) is 2.93. The predicted molar refractivity (Wildman–Crippen MR) is 80.3 cm³/mol. The van der Waals surface area contributed by atoms with Crippen molar-refractivity contribution >= 4 is 21.9 Å². The van der Waals surface area contributed by atoms with Gasteiger partial charge in [-0.2, -0.15) is 4.31 Å². The molecule has 22 heavy (non-hydrogen) atoms. The van der Waals surface area contributed by atoms with Crippen molar-refractivity contribution in [3.63, 3.8) is 0 Å². The first kappa shape index (κ1) is 16.4. The van der Waals surface area contributed by atoms with E-state index in [1.807, 2.05) is 0 Å². The van der Waals surface area contributed by atoms with Gasteiger partial charge in [0.25, 0.3) is 5.91 Å². The molecule has 120 valence electrons. The maximum atomic E-state index is 12.1. The first-order valence-corrected chi connectivity index (χ1v) is 8.72. The van der Waals surface area contributed by atoms with Gasteiger partial charge in [0.1, 0.15) is 0 Å². The number of carboxylic acids is 1. The van der Waals surface area contributed by atoms with Crippen LogP contribution in [0.5, 0.6) is 0 Å². The third-order valence-corrected chi connectivity index (χ3v) is 4.95. The van der Waals surface area contributed by atoms with E-state index in [2.05, 4.69) is 5.32 Å². The van der Waals surface area contributed by atoms with Crippen LogP contribution in [0.25, 0.3) is 0 Å². The minimum absolute atomic E-state index is 0.0336. The normalized spacial score (nSPS) is 19.0. The van der Waals surface area contributed by atoms with E-state index in [9.17, 15) is 18.0 Å². The Kier molecular flexibility index (Phi) is 4.82. The molecule has 0 bridgehead atoms. The maximum absolute atomic E-state index is 12.1. The number of hydrogen-bond acceptors (Lipinski definition) is 4. The third kappa shape index (κ3) is 3.83. The number of rotatable bonds is 5. The molecular formula is C14H18N2O5S. The van der Waals surface area contributed by atoms with E-state index in [1.54, 1.807) is 0 Å². The van der Waals surface area contributed by atoms with Crippen LogP contribution in [-0.4, -0.2) is 55.1 Å². The first-order chi connectivity index (χ1) is 10.3. The fraction of sp³-hybridized carbons (Fsp3) is 0.429. The molecule has 2 N–H and O–H groups in total. The molecule has 0 aliphatic carbocycles. The Morgan fingerprint density at radius 2 is 2.05 bits per heavy atom. The lowest BCUT2D eigenvalue weighted by Gasteiger charge is -2.22. The van der Waals surface area contributed by atoms with Crippen LogP contribution in [0, 0.1) is 0 Å². The highest BCUT2D eigenvalue weighted by Crippen LogP contribution is 2.19. The van der Waals surface area contributed by atoms with E-state index < -0.39 is 21.9 Å². The number of hydrogen-bond donors (Lipinski definition) is 2. The molecule has 0 aromatic heterocycles.